The molecule has 0 N–H and O–H groups in total. The molecule has 1 atom stereocenters. The largest absolute Gasteiger partial charge is 0.462 e. The predicted molar refractivity (Wildman–Crippen MR) is 252 cm³/mol. The molecular weight excluding hydrogens is 733 g/mol. The van der Waals surface area contributed by atoms with Gasteiger partial charge in [0.25, 0.3) is 0 Å². The third kappa shape index (κ3) is 47.3. The lowest BCUT2D eigenvalue weighted by molar-refractivity contribution is -0.167. The van der Waals surface area contributed by atoms with E-state index in [2.05, 4.69) is 20.8 Å². The molecular formula is C53H102O6. The van der Waals surface area contributed by atoms with Crippen LogP contribution in [0, 0.1) is 0 Å². The van der Waals surface area contributed by atoms with Crippen molar-refractivity contribution in [1.82, 2.24) is 0 Å². The number of carbonyl (C=O) groups excluding carboxylic acids is 3. The molecule has 0 aromatic rings. The molecule has 0 aliphatic carbocycles. The van der Waals surface area contributed by atoms with Crippen LogP contribution in [-0.2, 0) is 28.6 Å². The van der Waals surface area contributed by atoms with Crippen molar-refractivity contribution >= 4 is 17.9 Å². The van der Waals surface area contributed by atoms with Gasteiger partial charge in [0, 0.05) is 19.3 Å². The molecule has 0 amide bonds. The molecule has 0 aromatic heterocycles. The second kappa shape index (κ2) is 49.1. The topological polar surface area (TPSA) is 78.9 Å². The molecule has 0 unspecified atom stereocenters. The summed E-state index contributed by atoms with van der Waals surface area (Å²) in [6.45, 7) is 6.61. The van der Waals surface area contributed by atoms with E-state index in [4.69, 9.17) is 14.2 Å². The first-order valence-electron chi connectivity index (χ1n) is 26.5. The first-order valence-corrected chi connectivity index (χ1v) is 26.5. The number of hydrogen-bond donors (Lipinski definition) is 0. The van der Waals surface area contributed by atoms with Crippen molar-refractivity contribution in [3.63, 3.8) is 0 Å². The Morgan fingerprint density at radius 3 is 0.678 bits per heavy atom. The van der Waals surface area contributed by atoms with E-state index < -0.39 is 6.10 Å². The van der Waals surface area contributed by atoms with Crippen molar-refractivity contribution in [2.45, 2.75) is 309 Å². The van der Waals surface area contributed by atoms with Crippen LogP contribution in [0.15, 0.2) is 0 Å². The fraction of sp³-hybridized carbons (Fsp3) is 0.943. The van der Waals surface area contributed by atoms with Crippen molar-refractivity contribution in [2.24, 2.45) is 0 Å². The molecule has 0 fully saturated rings. The zero-order valence-corrected chi connectivity index (χ0v) is 40.1. The Hall–Kier alpha value is -1.59. The van der Waals surface area contributed by atoms with E-state index >= 15 is 0 Å². The molecule has 6 nitrogen and oxygen atoms in total. The minimum Gasteiger partial charge on any atom is -0.462 e. The molecule has 0 aliphatic rings. The number of hydrogen-bond acceptors (Lipinski definition) is 6. The van der Waals surface area contributed by atoms with Crippen molar-refractivity contribution in [1.29, 1.82) is 0 Å². The highest BCUT2D eigenvalue weighted by Gasteiger charge is 2.19. The van der Waals surface area contributed by atoms with Crippen LogP contribution in [-0.4, -0.2) is 37.2 Å². The second-order valence-electron chi connectivity index (χ2n) is 18.2. The SMILES string of the molecule is CCCCCCCCCCCCCCCCCCCCCC(=O)OC[C@H](COC(=O)CCCCCCC)OC(=O)CCCCCCCCCCCCCCCCCCC. The Morgan fingerprint density at radius 1 is 0.271 bits per heavy atom. The van der Waals surface area contributed by atoms with E-state index in [-0.39, 0.29) is 31.1 Å². The van der Waals surface area contributed by atoms with E-state index in [1.807, 2.05) is 0 Å². The fourth-order valence-electron chi connectivity index (χ4n) is 8.09. The molecule has 0 spiro atoms. The summed E-state index contributed by atoms with van der Waals surface area (Å²) in [6, 6.07) is 0. The molecule has 0 radical (unpaired) electrons. The Kier molecular flexibility index (Phi) is 47.7. The van der Waals surface area contributed by atoms with Gasteiger partial charge < -0.3 is 14.2 Å². The van der Waals surface area contributed by atoms with Crippen LogP contribution in [0.25, 0.3) is 0 Å². The van der Waals surface area contributed by atoms with Crippen LogP contribution in [0.2, 0.25) is 0 Å². The average molecular weight is 835 g/mol. The van der Waals surface area contributed by atoms with Crippen molar-refractivity contribution in [2.75, 3.05) is 13.2 Å². The minimum atomic E-state index is -0.758. The maximum Gasteiger partial charge on any atom is 0.306 e. The number of esters is 3. The molecule has 0 rings (SSSR count). The highest BCUT2D eigenvalue weighted by molar-refractivity contribution is 5.71. The summed E-state index contributed by atoms with van der Waals surface area (Å²) < 4.78 is 16.7. The highest BCUT2D eigenvalue weighted by Crippen LogP contribution is 2.17. The Balaban J connectivity index is 4.07. The molecule has 0 aliphatic heterocycles. The zero-order valence-electron chi connectivity index (χ0n) is 40.1. The quantitative estimate of drug-likeness (QED) is 0.0345. The van der Waals surface area contributed by atoms with E-state index in [9.17, 15) is 14.4 Å². The lowest BCUT2D eigenvalue weighted by Crippen LogP contribution is -2.30. The molecule has 59 heavy (non-hydrogen) atoms. The summed E-state index contributed by atoms with van der Waals surface area (Å²) >= 11 is 0. The van der Waals surface area contributed by atoms with Crippen LogP contribution < -0.4 is 0 Å². The molecule has 0 bridgehead atoms. The maximum absolute atomic E-state index is 12.7. The average Bonchev–Trinajstić information content (AvgIpc) is 3.23. The first-order chi connectivity index (χ1) is 29.0. The van der Waals surface area contributed by atoms with Crippen molar-refractivity contribution in [3.8, 4) is 0 Å². The van der Waals surface area contributed by atoms with Gasteiger partial charge in [-0.3, -0.25) is 14.4 Å². The van der Waals surface area contributed by atoms with Gasteiger partial charge in [0.15, 0.2) is 6.10 Å². The number of unbranched alkanes of at least 4 members (excludes halogenated alkanes) is 38. The third-order valence-corrected chi connectivity index (χ3v) is 12.1. The van der Waals surface area contributed by atoms with Crippen molar-refractivity contribution in [3.05, 3.63) is 0 Å². The van der Waals surface area contributed by atoms with Gasteiger partial charge in [-0.05, 0) is 19.3 Å². The normalized spacial score (nSPS) is 11.8. The van der Waals surface area contributed by atoms with Gasteiger partial charge >= 0.3 is 17.9 Å². The first kappa shape index (κ1) is 57.4. The van der Waals surface area contributed by atoms with Gasteiger partial charge in [0.2, 0.25) is 0 Å². The van der Waals surface area contributed by atoms with Crippen LogP contribution in [0.5, 0.6) is 0 Å². The lowest BCUT2D eigenvalue weighted by atomic mass is 10.0. The standard InChI is InChI=1S/C53H102O6/c1-4-7-10-13-15-17-19-21-23-25-26-28-29-31-33-35-37-40-43-46-52(55)58-49-50(48-57-51(54)45-42-39-12-9-6-3)59-53(56)47-44-41-38-36-34-32-30-27-24-22-20-18-16-14-11-8-5-2/h50H,4-49H2,1-3H3/t50-/m0/s1. The molecule has 0 saturated carbocycles. The summed E-state index contributed by atoms with van der Waals surface area (Å²) in [5.41, 5.74) is 0. The molecule has 0 aromatic carbocycles. The summed E-state index contributed by atoms with van der Waals surface area (Å²) in [7, 11) is 0. The third-order valence-electron chi connectivity index (χ3n) is 12.1. The van der Waals surface area contributed by atoms with E-state index in [0.717, 1.165) is 64.2 Å². The van der Waals surface area contributed by atoms with Gasteiger partial charge in [0.1, 0.15) is 13.2 Å². The molecule has 6 heteroatoms. The van der Waals surface area contributed by atoms with Crippen LogP contribution in [0.3, 0.4) is 0 Å². The van der Waals surface area contributed by atoms with Gasteiger partial charge in [-0.15, -0.1) is 0 Å². The van der Waals surface area contributed by atoms with Gasteiger partial charge in [0.05, 0.1) is 0 Å². The highest BCUT2D eigenvalue weighted by atomic mass is 16.6. The Morgan fingerprint density at radius 2 is 0.458 bits per heavy atom. The van der Waals surface area contributed by atoms with E-state index in [0.29, 0.717) is 19.3 Å². The molecule has 0 saturated heterocycles. The number of carbonyl (C=O) groups is 3. The van der Waals surface area contributed by atoms with Crippen LogP contribution in [0.1, 0.15) is 303 Å². The van der Waals surface area contributed by atoms with E-state index in [1.54, 1.807) is 0 Å². The van der Waals surface area contributed by atoms with E-state index in [1.165, 1.54) is 199 Å². The summed E-state index contributed by atoms with van der Waals surface area (Å²) in [5, 5.41) is 0. The van der Waals surface area contributed by atoms with Crippen molar-refractivity contribution < 1.29 is 28.6 Å². The summed E-state index contributed by atoms with van der Waals surface area (Å²) in [4.78, 5) is 37.7. The predicted octanol–water partition coefficient (Wildman–Crippen LogP) is 17.2. The van der Waals surface area contributed by atoms with Crippen LogP contribution >= 0.6 is 0 Å². The minimum absolute atomic E-state index is 0.0630. The molecule has 0 heterocycles. The smallest absolute Gasteiger partial charge is 0.306 e. The van der Waals surface area contributed by atoms with Gasteiger partial charge in [-0.25, -0.2) is 0 Å². The summed E-state index contributed by atoms with van der Waals surface area (Å²) in [5.74, 6) is -0.856. The fourth-order valence-corrected chi connectivity index (χ4v) is 8.09. The molecule has 350 valence electrons. The van der Waals surface area contributed by atoms with Crippen LogP contribution in [0.4, 0.5) is 0 Å². The number of rotatable bonds is 49. The Labute approximate surface area is 368 Å². The van der Waals surface area contributed by atoms with Gasteiger partial charge in [-0.1, -0.05) is 265 Å². The summed E-state index contributed by atoms with van der Waals surface area (Å²) in [6.07, 6.45) is 52.7. The lowest BCUT2D eigenvalue weighted by Gasteiger charge is -2.18. The second-order valence-corrected chi connectivity index (χ2v) is 18.2. The number of ether oxygens (including phenoxy) is 3. The maximum atomic E-state index is 12.7. The Bertz CT molecular complexity index is 874. The van der Waals surface area contributed by atoms with Gasteiger partial charge in [-0.2, -0.15) is 0 Å². The zero-order chi connectivity index (χ0) is 43.0. The monoisotopic (exact) mass is 835 g/mol.